The molecule has 0 atom stereocenters. The van der Waals surface area contributed by atoms with E-state index >= 15 is 0 Å². The molecule has 0 fully saturated rings. The fourth-order valence-electron chi connectivity index (χ4n) is 1.14. The number of hydrogen-bond acceptors (Lipinski definition) is 4. The molecular formula is C9H9F3N2O3. The maximum atomic E-state index is 12.0. The van der Waals surface area contributed by atoms with E-state index in [0.717, 1.165) is 12.1 Å². The zero-order valence-electron chi connectivity index (χ0n) is 8.75. The van der Waals surface area contributed by atoms with Crippen LogP contribution in [0.4, 0.5) is 24.5 Å². The van der Waals surface area contributed by atoms with Gasteiger partial charge < -0.3 is 10.1 Å². The number of halogens is 3. The molecule has 17 heavy (non-hydrogen) atoms. The molecule has 5 nitrogen and oxygen atoms in total. The minimum Gasteiger partial charge on any atom is -0.497 e. The normalized spacial score (nSPS) is 11.1. The highest BCUT2D eigenvalue weighted by Crippen LogP contribution is 2.29. The number of alkyl halides is 3. The molecule has 0 aliphatic heterocycles. The van der Waals surface area contributed by atoms with Gasteiger partial charge in [0.1, 0.15) is 18.0 Å². The van der Waals surface area contributed by atoms with Crippen LogP contribution in [0.25, 0.3) is 0 Å². The molecular weight excluding hydrogens is 241 g/mol. The van der Waals surface area contributed by atoms with Crippen LogP contribution >= 0.6 is 0 Å². The second-order valence-corrected chi connectivity index (χ2v) is 3.11. The zero-order valence-corrected chi connectivity index (χ0v) is 8.75. The van der Waals surface area contributed by atoms with E-state index < -0.39 is 23.3 Å². The van der Waals surface area contributed by atoms with Gasteiger partial charge in [0.05, 0.1) is 12.0 Å². The van der Waals surface area contributed by atoms with Gasteiger partial charge in [-0.2, -0.15) is 13.2 Å². The Kier molecular flexibility index (Phi) is 3.77. The topological polar surface area (TPSA) is 64.4 Å². The lowest BCUT2D eigenvalue weighted by Gasteiger charge is -2.10. The van der Waals surface area contributed by atoms with Crippen LogP contribution < -0.4 is 10.1 Å². The fraction of sp³-hybridized carbons (Fsp3) is 0.333. The lowest BCUT2D eigenvalue weighted by atomic mass is 10.2. The summed E-state index contributed by atoms with van der Waals surface area (Å²) in [4.78, 5) is 9.82. The van der Waals surface area contributed by atoms with Crippen molar-refractivity contribution in [2.24, 2.45) is 0 Å². The van der Waals surface area contributed by atoms with Gasteiger partial charge in [-0.05, 0) is 6.07 Å². The Morgan fingerprint density at radius 3 is 2.59 bits per heavy atom. The molecule has 0 unspecified atom stereocenters. The minimum atomic E-state index is -4.45. The van der Waals surface area contributed by atoms with E-state index in [1.54, 1.807) is 0 Å². The molecule has 0 spiro atoms. The highest BCUT2D eigenvalue weighted by Gasteiger charge is 2.28. The van der Waals surface area contributed by atoms with E-state index in [1.165, 1.54) is 13.2 Å². The van der Waals surface area contributed by atoms with Gasteiger partial charge in [-0.3, -0.25) is 10.1 Å². The molecule has 0 aliphatic rings. The predicted octanol–water partition coefficient (Wildman–Crippen LogP) is 2.58. The number of nitro groups is 1. The average molecular weight is 250 g/mol. The third-order valence-electron chi connectivity index (χ3n) is 1.88. The summed E-state index contributed by atoms with van der Waals surface area (Å²) in [5.74, 6) is 0.236. The van der Waals surface area contributed by atoms with Gasteiger partial charge in [0.15, 0.2) is 0 Å². The van der Waals surface area contributed by atoms with Crippen molar-refractivity contribution in [1.29, 1.82) is 0 Å². The van der Waals surface area contributed by atoms with Crippen molar-refractivity contribution in [2.75, 3.05) is 19.0 Å². The predicted molar refractivity (Wildman–Crippen MR) is 54.2 cm³/mol. The molecule has 0 aromatic heterocycles. The Morgan fingerprint density at radius 1 is 1.47 bits per heavy atom. The molecule has 0 saturated carbocycles. The lowest BCUT2D eigenvalue weighted by Crippen LogP contribution is -2.21. The summed E-state index contributed by atoms with van der Waals surface area (Å²) < 4.78 is 40.8. The SMILES string of the molecule is COc1ccc([N+](=O)[O-])c(NCC(F)(F)F)c1. The Labute approximate surface area is 94.3 Å². The smallest absolute Gasteiger partial charge is 0.405 e. The third kappa shape index (κ3) is 3.82. The summed E-state index contributed by atoms with van der Waals surface area (Å²) in [7, 11) is 1.31. The largest absolute Gasteiger partial charge is 0.497 e. The zero-order chi connectivity index (χ0) is 13.1. The van der Waals surface area contributed by atoms with Crippen LogP contribution in [0.15, 0.2) is 18.2 Å². The van der Waals surface area contributed by atoms with Gasteiger partial charge in [0.25, 0.3) is 5.69 Å². The molecule has 0 heterocycles. The molecule has 1 aromatic rings. The number of anilines is 1. The third-order valence-corrected chi connectivity index (χ3v) is 1.88. The van der Waals surface area contributed by atoms with Gasteiger partial charge in [0.2, 0.25) is 0 Å². The van der Waals surface area contributed by atoms with Gasteiger partial charge in [-0.15, -0.1) is 0 Å². The summed E-state index contributed by atoms with van der Waals surface area (Å²) in [5, 5.41) is 12.6. The first-order valence-electron chi connectivity index (χ1n) is 4.46. The molecule has 0 amide bonds. The van der Waals surface area contributed by atoms with Crippen LogP contribution in [-0.4, -0.2) is 24.8 Å². The van der Waals surface area contributed by atoms with Crippen molar-refractivity contribution in [2.45, 2.75) is 6.18 Å². The van der Waals surface area contributed by atoms with Crippen LogP contribution in [0.3, 0.4) is 0 Å². The van der Waals surface area contributed by atoms with Gasteiger partial charge in [-0.1, -0.05) is 0 Å². The van der Waals surface area contributed by atoms with Crippen molar-refractivity contribution in [1.82, 2.24) is 0 Å². The van der Waals surface area contributed by atoms with Crippen LogP contribution in [0.2, 0.25) is 0 Å². The summed E-state index contributed by atoms with van der Waals surface area (Å²) in [6, 6.07) is 3.53. The van der Waals surface area contributed by atoms with E-state index in [-0.39, 0.29) is 11.4 Å². The van der Waals surface area contributed by atoms with Crippen molar-refractivity contribution in [3.8, 4) is 5.75 Å². The molecule has 0 bridgehead atoms. The molecule has 0 radical (unpaired) electrons. The van der Waals surface area contributed by atoms with Gasteiger partial charge >= 0.3 is 6.18 Å². The summed E-state index contributed by atoms with van der Waals surface area (Å²) >= 11 is 0. The van der Waals surface area contributed by atoms with Crippen LogP contribution in [-0.2, 0) is 0 Å². The summed E-state index contributed by atoms with van der Waals surface area (Å²) in [6.45, 7) is -1.35. The maximum absolute atomic E-state index is 12.0. The van der Waals surface area contributed by atoms with Crippen molar-refractivity contribution < 1.29 is 22.8 Å². The lowest BCUT2D eigenvalue weighted by molar-refractivity contribution is -0.384. The molecule has 0 aliphatic carbocycles. The molecule has 0 saturated heterocycles. The molecule has 1 rings (SSSR count). The van der Waals surface area contributed by atoms with E-state index in [2.05, 4.69) is 0 Å². The Hall–Kier alpha value is -1.99. The quantitative estimate of drug-likeness (QED) is 0.658. The van der Waals surface area contributed by atoms with E-state index in [0.29, 0.717) is 0 Å². The fourth-order valence-corrected chi connectivity index (χ4v) is 1.14. The standard InChI is InChI=1S/C9H9F3N2O3/c1-17-6-2-3-8(14(15)16)7(4-6)13-5-9(10,11)12/h2-4,13H,5H2,1H3. The molecule has 8 heteroatoms. The number of hydrogen-bond donors (Lipinski definition) is 1. The number of methoxy groups -OCH3 is 1. The summed E-state index contributed by atoms with van der Waals surface area (Å²) in [5.41, 5.74) is -0.665. The minimum absolute atomic E-state index is 0.230. The van der Waals surface area contributed by atoms with Crippen LogP contribution in [0.1, 0.15) is 0 Å². The van der Waals surface area contributed by atoms with Gasteiger partial charge in [-0.25, -0.2) is 0 Å². The van der Waals surface area contributed by atoms with Gasteiger partial charge in [0, 0.05) is 12.1 Å². The maximum Gasteiger partial charge on any atom is 0.405 e. The monoisotopic (exact) mass is 250 g/mol. The van der Waals surface area contributed by atoms with Crippen molar-refractivity contribution in [3.63, 3.8) is 0 Å². The number of nitrogens with one attached hydrogen (secondary N) is 1. The van der Waals surface area contributed by atoms with Crippen LogP contribution in [0.5, 0.6) is 5.75 Å². The Morgan fingerprint density at radius 2 is 2.12 bits per heavy atom. The molecule has 1 aromatic carbocycles. The van der Waals surface area contributed by atoms with E-state index in [9.17, 15) is 23.3 Å². The first-order chi connectivity index (χ1) is 7.83. The van der Waals surface area contributed by atoms with Crippen LogP contribution in [0, 0.1) is 10.1 Å². The molecule has 94 valence electrons. The first kappa shape index (κ1) is 13.1. The number of rotatable bonds is 4. The van der Waals surface area contributed by atoms with Crippen molar-refractivity contribution >= 4 is 11.4 Å². The highest BCUT2D eigenvalue weighted by atomic mass is 19.4. The van der Waals surface area contributed by atoms with E-state index in [4.69, 9.17) is 4.74 Å². The number of benzene rings is 1. The number of nitro benzene ring substituents is 1. The Bertz CT molecular complexity index is 420. The Balaban J connectivity index is 2.97. The first-order valence-corrected chi connectivity index (χ1v) is 4.46. The highest BCUT2D eigenvalue weighted by molar-refractivity contribution is 5.64. The number of nitrogens with zero attached hydrogens (tertiary/aromatic N) is 1. The van der Waals surface area contributed by atoms with E-state index in [1.807, 2.05) is 5.32 Å². The summed E-state index contributed by atoms with van der Waals surface area (Å²) in [6.07, 6.45) is -4.45. The average Bonchev–Trinajstić information content (AvgIpc) is 2.24. The number of ether oxygens (including phenoxy) is 1. The van der Waals surface area contributed by atoms with Crippen molar-refractivity contribution in [3.05, 3.63) is 28.3 Å². The second kappa shape index (κ2) is 4.89. The molecule has 1 N–H and O–H groups in total. The second-order valence-electron chi connectivity index (χ2n) is 3.11.